The highest BCUT2D eigenvalue weighted by molar-refractivity contribution is 6.09. The molecule has 1 aliphatic carbocycles. The molecule has 112 valence electrons. The van der Waals surface area contributed by atoms with E-state index in [0.29, 0.717) is 22.4 Å². The molecule has 0 spiro atoms. The van der Waals surface area contributed by atoms with Gasteiger partial charge in [-0.2, -0.15) is 9.97 Å². The van der Waals surface area contributed by atoms with Gasteiger partial charge in [-0.1, -0.05) is 0 Å². The third-order valence-electron chi connectivity index (χ3n) is 3.85. The van der Waals surface area contributed by atoms with Crippen molar-refractivity contribution >= 4 is 28.7 Å². The van der Waals surface area contributed by atoms with E-state index in [1.807, 2.05) is 0 Å². The molecule has 8 nitrogen and oxygen atoms in total. The Labute approximate surface area is 120 Å². The molecule has 0 saturated heterocycles. The third kappa shape index (κ3) is 2.62. The van der Waals surface area contributed by atoms with Gasteiger partial charge in [0.25, 0.3) is 5.91 Å². The van der Waals surface area contributed by atoms with Crippen molar-refractivity contribution in [1.82, 2.24) is 15.0 Å². The van der Waals surface area contributed by atoms with Gasteiger partial charge < -0.3 is 26.9 Å². The summed E-state index contributed by atoms with van der Waals surface area (Å²) in [7, 11) is 0. The van der Waals surface area contributed by atoms with Gasteiger partial charge in [-0.25, -0.2) is 0 Å². The maximum absolute atomic E-state index is 11.5. The molecule has 1 fully saturated rings. The molecule has 1 aliphatic rings. The fraction of sp³-hybridized carbons (Fsp3) is 0.462. The second-order valence-corrected chi connectivity index (χ2v) is 5.37. The van der Waals surface area contributed by atoms with Gasteiger partial charge in [0, 0.05) is 12.2 Å². The van der Waals surface area contributed by atoms with E-state index in [4.69, 9.17) is 11.5 Å². The van der Waals surface area contributed by atoms with Crippen LogP contribution in [-0.2, 0) is 0 Å². The first-order chi connectivity index (χ1) is 10.0. The summed E-state index contributed by atoms with van der Waals surface area (Å²) in [5, 5.41) is 13.4. The number of nitrogen functional groups attached to an aromatic ring is 1. The number of aromatic amines is 1. The van der Waals surface area contributed by atoms with E-state index >= 15 is 0 Å². The molecule has 0 aromatic carbocycles. The van der Waals surface area contributed by atoms with E-state index in [9.17, 15) is 9.90 Å². The van der Waals surface area contributed by atoms with Crippen LogP contribution >= 0.6 is 0 Å². The van der Waals surface area contributed by atoms with Gasteiger partial charge in [-0.3, -0.25) is 4.79 Å². The summed E-state index contributed by atoms with van der Waals surface area (Å²) in [4.78, 5) is 22.6. The Balaban J connectivity index is 1.96. The van der Waals surface area contributed by atoms with E-state index in [0.717, 1.165) is 25.7 Å². The lowest BCUT2D eigenvalue weighted by Crippen LogP contribution is -2.29. The number of H-pyrrole nitrogens is 1. The highest BCUT2D eigenvalue weighted by Gasteiger charge is 2.22. The predicted molar refractivity (Wildman–Crippen MR) is 78.7 cm³/mol. The van der Waals surface area contributed by atoms with Gasteiger partial charge in [-0.05, 0) is 25.7 Å². The maximum atomic E-state index is 11.5. The maximum Gasteiger partial charge on any atom is 0.251 e. The van der Waals surface area contributed by atoms with Gasteiger partial charge in [-0.15, -0.1) is 0 Å². The van der Waals surface area contributed by atoms with E-state index in [1.165, 1.54) is 6.20 Å². The zero-order chi connectivity index (χ0) is 15.0. The first-order valence-electron chi connectivity index (χ1n) is 6.93. The summed E-state index contributed by atoms with van der Waals surface area (Å²) in [6, 6.07) is 0.182. The van der Waals surface area contributed by atoms with Crippen molar-refractivity contribution in [3.63, 3.8) is 0 Å². The summed E-state index contributed by atoms with van der Waals surface area (Å²) in [6.07, 6.45) is 4.45. The standard InChI is InChI=1S/C13H18N6O2/c14-10(21)8-5-16-11-9(8)12(19-13(15)18-11)17-6-1-3-7(20)4-2-6/h5-7,20H,1-4H2,(H2,14,21)(H4,15,16,17,18,19). The number of amides is 1. The van der Waals surface area contributed by atoms with E-state index < -0.39 is 5.91 Å². The number of nitrogens with one attached hydrogen (secondary N) is 2. The van der Waals surface area contributed by atoms with E-state index in [2.05, 4.69) is 20.3 Å². The Hall–Kier alpha value is -2.35. The number of anilines is 2. The van der Waals surface area contributed by atoms with Gasteiger partial charge in [0.05, 0.1) is 17.1 Å². The molecule has 21 heavy (non-hydrogen) atoms. The van der Waals surface area contributed by atoms with E-state index in [-0.39, 0.29) is 18.1 Å². The van der Waals surface area contributed by atoms with Gasteiger partial charge >= 0.3 is 0 Å². The number of nitrogens with zero attached hydrogens (tertiary/aromatic N) is 2. The molecule has 1 amide bonds. The SMILES string of the molecule is NC(=O)c1c[nH]c2nc(N)nc(NC3CCC(O)CC3)c12. The molecule has 0 unspecified atom stereocenters. The number of carbonyl (C=O) groups is 1. The van der Waals surface area contributed by atoms with Crippen molar-refractivity contribution < 1.29 is 9.90 Å². The topological polar surface area (TPSA) is 143 Å². The molecule has 0 radical (unpaired) electrons. The Morgan fingerprint density at radius 1 is 1.33 bits per heavy atom. The van der Waals surface area contributed by atoms with Crippen LogP contribution in [0.2, 0.25) is 0 Å². The average molecular weight is 290 g/mol. The van der Waals surface area contributed by atoms with Crippen molar-refractivity contribution in [3.05, 3.63) is 11.8 Å². The molecular formula is C13H18N6O2. The lowest BCUT2D eigenvalue weighted by molar-refractivity contribution is 0.100. The largest absolute Gasteiger partial charge is 0.393 e. The Morgan fingerprint density at radius 3 is 2.71 bits per heavy atom. The summed E-state index contributed by atoms with van der Waals surface area (Å²) in [6.45, 7) is 0. The van der Waals surface area contributed by atoms with Crippen LogP contribution in [0.3, 0.4) is 0 Å². The predicted octanol–water partition coefficient (Wildman–Crippen LogP) is 0.354. The summed E-state index contributed by atoms with van der Waals surface area (Å²) in [5.74, 6) is 0.0874. The van der Waals surface area contributed by atoms with Crippen LogP contribution in [-0.4, -0.2) is 38.1 Å². The van der Waals surface area contributed by atoms with Crippen molar-refractivity contribution in [3.8, 4) is 0 Å². The average Bonchev–Trinajstić information content (AvgIpc) is 2.85. The number of nitrogens with two attached hydrogens (primary N) is 2. The van der Waals surface area contributed by atoms with Crippen LogP contribution in [0.1, 0.15) is 36.0 Å². The molecule has 0 aliphatic heterocycles. The molecule has 8 heteroatoms. The highest BCUT2D eigenvalue weighted by Crippen LogP contribution is 2.28. The number of aliphatic hydroxyl groups excluding tert-OH is 1. The van der Waals surface area contributed by atoms with Gasteiger partial charge in [0.15, 0.2) is 0 Å². The van der Waals surface area contributed by atoms with Crippen LogP contribution in [0.5, 0.6) is 0 Å². The first-order valence-corrected chi connectivity index (χ1v) is 6.93. The van der Waals surface area contributed by atoms with Crippen LogP contribution in [0.15, 0.2) is 6.20 Å². The molecule has 2 aromatic heterocycles. The Kier molecular flexibility index (Phi) is 3.38. The summed E-state index contributed by atoms with van der Waals surface area (Å²) < 4.78 is 0. The zero-order valence-electron chi connectivity index (χ0n) is 11.5. The summed E-state index contributed by atoms with van der Waals surface area (Å²) >= 11 is 0. The lowest BCUT2D eigenvalue weighted by atomic mass is 9.93. The number of rotatable bonds is 3. The first kappa shape index (κ1) is 13.6. The number of fused-ring (bicyclic) bond motifs is 1. The number of aromatic nitrogens is 3. The van der Waals surface area contributed by atoms with Crippen LogP contribution in [0.4, 0.5) is 11.8 Å². The number of carbonyl (C=O) groups excluding carboxylic acids is 1. The van der Waals surface area contributed by atoms with Crippen LogP contribution < -0.4 is 16.8 Å². The summed E-state index contributed by atoms with van der Waals surface area (Å²) in [5.41, 5.74) is 11.9. The Morgan fingerprint density at radius 2 is 2.05 bits per heavy atom. The van der Waals surface area contributed by atoms with Gasteiger partial charge in [0.1, 0.15) is 11.5 Å². The van der Waals surface area contributed by atoms with E-state index in [1.54, 1.807) is 0 Å². The second kappa shape index (κ2) is 5.21. The third-order valence-corrected chi connectivity index (χ3v) is 3.85. The quantitative estimate of drug-likeness (QED) is 0.552. The molecule has 2 aromatic rings. The fourth-order valence-electron chi connectivity index (χ4n) is 2.76. The molecule has 3 rings (SSSR count). The Bertz CT molecular complexity index is 675. The molecule has 1 saturated carbocycles. The molecule has 7 N–H and O–H groups in total. The lowest BCUT2D eigenvalue weighted by Gasteiger charge is -2.26. The molecule has 2 heterocycles. The van der Waals surface area contributed by atoms with Crippen LogP contribution in [0.25, 0.3) is 11.0 Å². The van der Waals surface area contributed by atoms with Crippen molar-refractivity contribution in [2.45, 2.75) is 37.8 Å². The smallest absolute Gasteiger partial charge is 0.251 e. The monoisotopic (exact) mass is 290 g/mol. The molecule has 0 atom stereocenters. The highest BCUT2D eigenvalue weighted by atomic mass is 16.3. The van der Waals surface area contributed by atoms with Crippen LogP contribution in [0, 0.1) is 0 Å². The number of hydrogen-bond acceptors (Lipinski definition) is 6. The minimum atomic E-state index is -0.545. The minimum Gasteiger partial charge on any atom is -0.393 e. The van der Waals surface area contributed by atoms with Crippen molar-refractivity contribution in [2.24, 2.45) is 5.73 Å². The number of hydrogen-bond donors (Lipinski definition) is 5. The number of primary amides is 1. The van der Waals surface area contributed by atoms with Crippen molar-refractivity contribution in [2.75, 3.05) is 11.1 Å². The molecular weight excluding hydrogens is 272 g/mol. The normalized spacial score (nSPS) is 22.3. The fourth-order valence-corrected chi connectivity index (χ4v) is 2.76. The zero-order valence-corrected chi connectivity index (χ0v) is 11.5. The minimum absolute atomic E-state index is 0.124. The van der Waals surface area contributed by atoms with Gasteiger partial charge in [0.2, 0.25) is 5.95 Å². The second-order valence-electron chi connectivity index (χ2n) is 5.37. The number of aliphatic hydroxyl groups is 1. The van der Waals surface area contributed by atoms with Crippen molar-refractivity contribution in [1.29, 1.82) is 0 Å². The molecule has 0 bridgehead atoms.